The lowest BCUT2D eigenvalue weighted by atomic mass is 9.98. The summed E-state index contributed by atoms with van der Waals surface area (Å²) in [6.45, 7) is 0.578. The fourth-order valence-corrected chi connectivity index (χ4v) is 5.63. The maximum Gasteiger partial charge on any atom is 0.309 e. The number of hydrogen-bond donors (Lipinski definition) is 0. The fraction of sp³-hybridized carbons (Fsp3) is 0.280. The normalized spacial score (nSPS) is 15.2. The van der Waals surface area contributed by atoms with E-state index in [2.05, 4.69) is 0 Å². The number of rotatable bonds is 6. The molecule has 0 unspecified atom stereocenters. The molecule has 33 heavy (non-hydrogen) atoms. The number of fused-ring (bicyclic) bond motifs is 1. The molecule has 1 aliphatic rings. The quantitative estimate of drug-likeness (QED) is 0.514. The van der Waals surface area contributed by atoms with Crippen LogP contribution in [0.15, 0.2) is 65.6 Å². The van der Waals surface area contributed by atoms with E-state index >= 15 is 0 Å². The van der Waals surface area contributed by atoms with Gasteiger partial charge in [0.05, 0.1) is 23.5 Å². The molecule has 0 saturated carbocycles. The van der Waals surface area contributed by atoms with Gasteiger partial charge in [-0.05, 0) is 59.5 Å². The average Bonchev–Trinajstić information content (AvgIpc) is 2.86. The third-order valence-electron chi connectivity index (χ3n) is 5.91. The Labute approximate surface area is 193 Å². The molecule has 0 bridgehead atoms. The number of esters is 1. The van der Waals surface area contributed by atoms with Crippen LogP contribution < -0.4 is 4.74 Å². The largest absolute Gasteiger partial charge is 0.497 e. The van der Waals surface area contributed by atoms with E-state index in [0.717, 1.165) is 22.1 Å². The molecule has 0 aromatic heterocycles. The lowest BCUT2D eigenvalue weighted by Crippen LogP contribution is -2.40. The predicted molar refractivity (Wildman–Crippen MR) is 123 cm³/mol. The Morgan fingerprint density at radius 2 is 1.76 bits per heavy atom. The van der Waals surface area contributed by atoms with E-state index in [9.17, 15) is 18.5 Å². The van der Waals surface area contributed by atoms with Gasteiger partial charge in [0.25, 0.3) is 0 Å². The van der Waals surface area contributed by atoms with Crippen LogP contribution in [0.3, 0.4) is 0 Å². The molecule has 3 aromatic rings. The van der Waals surface area contributed by atoms with E-state index < -0.39 is 10.0 Å². The SMILES string of the molecule is COc1ccc2cc(COC(=O)C3CCN(S(=O)(=O)c4ccccc4C#N)CC3)ccc2c1. The number of ether oxygens (including phenoxy) is 2. The molecule has 0 spiro atoms. The number of piperidine rings is 1. The molecule has 4 rings (SSSR count). The van der Waals surface area contributed by atoms with Crippen LogP contribution in [0.2, 0.25) is 0 Å². The number of benzene rings is 3. The van der Waals surface area contributed by atoms with Crippen molar-refractivity contribution in [2.45, 2.75) is 24.3 Å². The summed E-state index contributed by atoms with van der Waals surface area (Å²) < 4.78 is 38.0. The summed E-state index contributed by atoms with van der Waals surface area (Å²) in [6.07, 6.45) is 0.759. The highest BCUT2D eigenvalue weighted by molar-refractivity contribution is 7.89. The van der Waals surface area contributed by atoms with Crippen LogP contribution in [0.4, 0.5) is 0 Å². The van der Waals surface area contributed by atoms with Gasteiger partial charge in [0, 0.05) is 13.1 Å². The highest BCUT2D eigenvalue weighted by Gasteiger charge is 2.33. The predicted octanol–water partition coefficient (Wildman–Crippen LogP) is 3.86. The number of methoxy groups -OCH3 is 1. The number of hydrogen-bond acceptors (Lipinski definition) is 6. The topological polar surface area (TPSA) is 96.7 Å². The van der Waals surface area contributed by atoms with Gasteiger partial charge in [-0.25, -0.2) is 8.42 Å². The lowest BCUT2D eigenvalue weighted by molar-refractivity contribution is -0.151. The summed E-state index contributed by atoms with van der Waals surface area (Å²) in [6, 6.07) is 19.7. The second kappa shape index (κ2) is 9.61. The molecular formula is C25H24N2O5S. The molecule has 1 fully saturated rings. The van der Waals surface area contributed by atoms with Crippen LogP contribution in [-0.2, 0) is 26.2 Å². The molecule has 1 saturated heterocycles. The van der Waals surface area contributed by atoms with Crippen LogP contribution in [-0.4, -0.2) is 38.9 Å². The Bertz CT molecular complexity index is 1320. The first-order valence-corrected chi connectivity index (χ1v) is 12.1. The van der Waals surface area contributed by atoms with Crippen molar-refractivity contribution in [3.05, 3.63) is 71.8 Å². The Morgan fingerprint density at radius 1 is 1.06 bits per heavy atom. The summed E-state index contributed by atoms with van der Waals surface area (Å²) in [7, 11) is -2.16. The van der Waals surface area contributed by atoms with E-state index in [1.807, 2.05) is 42.5 Å². The van der Waals surface area contributed by atoms with E-state index in [0.29, 0.717) is 12.8 Å². The van der Waals surface area contributed by atoms with Crippen LogP contribution in [0.5, 0.6) is 5.75 Å². The minimum absolute atomic E-state index is 0.00227. The first-order valence-electron chi connectivity index (χ1n) is 10.6. The molecule has 8 heteroatoms. The Balaban J connectivity index is 1.35. The summed E-state index contributed by atoms with van der Waals surface area (Å²) in [5.74, 6) is 0.109. The van der Waals surface area contributed by atoms with Gasteiger partial charge in [0.1, 0.15) is 18.4 Å². The third kappa shape index (κ3) is 4.85. The summed E-state index contributed by atoms with van der Waals surface area (Å²) in [5, 5.41) is 11.3. The molecule has 7 nitrogen and oxygen atoms in total. The highest BCUT2D eigenvalue weighted by Crippen LogP contribution is 2.27. The van der Waals surface area contributed by atoms with Crippen LogP contribution in [0, 0.1) is 17.2 Å². The fourth-order valence-electron chi connectivity index (χ4n) is 4.02. The number of nitriles is 1. The van der Waals surface area contributed by atoms with Crippen molar-refractivity contribution >= 4 is 26.8 Å². The molecule has 1 aliphatic heterocycles. The van der Waals surface area contributed by atoms with E-state index in [-0.39, 0.29) is 42.0 Å². The van der Waals surface area contributed by atoms with Crippen molar-refractivity contribution < 1.29 is 22.7 Å². The molecule has 0 amide bonds. The zero-order valence-corrected chi connectivity index (χ0v) is 19.0. The van der Waals surface area contributed by atoms with Crippen molar-refractivity contribution in [2.75, 3.05) is 20.2 Å². The first-order chi connectivity index (χ1) is 15.9. The van der Waals surface area contributed by atoms with Gasteiger partial charge in [-0.15, -0.1) is 0 Å². The molecule has 1 heterocycles. The molecule has 170 valence electrons. The van der Waals surface area contributed by atoms with E-state index in [4.69, 9.17) is 9.47 Å². The molecule has 0 N–H and O–H groups in total. The summed E-state index contributed by atoms with van der Waals surface area (Å²) in [4.78, 5) is 12.6. The van der Waals surface area contributed by atoms with Gasteiger partial charge < -0.3 is 9.47 Å². The Kier molecular flexibility index (Phi) is 6.63. The van der Waals surface area contributed by atoms with Gasteiger partial charge in [-0.2, -0.15) is 9.57 Å². The Morgan fingerprint density at radius 3 is 2.48 bits per heavy atom. The number of carbonyl (C=O) groups excluding carboxylic acids is 1. The molecule has 0 aliphatic carbocycles. The third-order valence-corrected chi connectivity index (χ3v) is 7.86. The first kappa shape index (κ1) is 22.8. The lowest BCUT2D eigenvalue weighted by Gasteiger charge is -2.30. The van der Waals surface area contributed by atoms with Crippen molar-refractivity contribution in [3.8, 4) is 11.8 Å². The van der Waals surface area contributed by atoms with Gasteiger partial charge in [0.15, 0.2) is 0 Å². The van der Waals surface area contributed by atoms with Gasteiger partial charge in [-0.1, -0.05) is 30.3 Å². The molecule has 0 atom stereocenters. The highest BCUT2D eigenvalue weighted by atomic mass is 32.2. The molecular weight excluding hydrogens is 440 g/mol. The monoisotopic (exact) mass is 464 g/mol. The number of sulfonamides is 1. The van der Waals surface area contributed by atoms with Crippen LogP contribution in [0.1, 0.15) is 24.0 Å². The van der Waals surface area contributed by atoms with Crippen LogP contribution in [0.25, 0.3) is 10.8 Å². The van der Waals surface area contributed by atoms with E-state index in [1.165, 1.54) is 16.4 Å². The zero-order chi connectivity index (χ0) is 23.4. The van der Waals surface area contributed by atoms with Crippen LogP contribution >= 0.6 is 0 Å². The minimum Gasteiger partial charge on any atom is -0.497 e. The van der Waals surface area contributed by atoms with Crippen molar-refractivity contribution in [3.63, 3.8) is 0 Å². The van der Waals surface area contributed by atoms with Gasteiger partial charge >= 0.3 is 5.97 Å². The van der Waals surface area contributed by atoms with E-state index in [1.54, 1.807) is 19.2 Å². The maximum absolute atomic E-state index is 13.0. The number of carbonyl (C=O) groups is 1. The van der Waals surface area contributed by atoms with Crippen molar-refractivity contribution in [1.29, 1.82) is 5.26 Å². The van der Waals surface area contributed by atoms with Crippen molar-refractivity contribution in [2.24, 2.45) is 5.92 Å². The average molecular weight is 465 g/mol. The second-order valence-electron chi connectivity index (χ2n) is 7.94. The minimum atomic E-state index is -3.79. The summed E-state index contributed by atoms with van der Waals surface area (Å²) in [5.41, 5.74) is 1.00. The zero-order valence-electron chi connectivity index (χ0n) is 18.2. The summed E-state index contributed by atoms with van der Waals surface area (Å²) >= 11 is 0. The van der Waals surface area contributed by atoms with Crippen molar-refractivity contribution in [1.82, 2.24) is 4.31 Å². The van der Waals surface area contributed by atoms with Gasteiger partial charge in [-0.3, -0.25) is 4.79 Å². The smallest absolute Gasteiger partial charge is 0.309 e. The molecule has 0 radical (unpaired) electrons. The molecule has 3 aromatic carbocycles. The Hall–Kier alpha value is -3.41. The second-order valence-corrected chi connectivity index (χ2v) is 9.85. The standard InChI is InChI=1S/C25H24N2O5S/c1-31-23-9-8-20-14-18(6-7-21(20)15-23)17-32-25(28)19-10-12-27(13-11-19)33(29,30)24-5-3-2-4-22(24)16-26/h2-9,14-15,19H,10-13,17H2,1H3. The number of nitrogens with zero attached hydrogens (tertiary/aromatic N) is 2. The maximum atomic E-state index is 13.0. The van der Waals surface area contributed by atoms with Gasteiger partial charge in [0.2, 0.25) is 10.0 Å².